The van der Waals surface area contributed by atoms with Crippen molar-refractivity contribution >= 4 is 0 Å². The summed E-state index contributed by atoms with van der Waals surface area (Å²) in [6, 6.07) is 0. The van der Waals surface area contributed by atoms with E-state index in [1.807, 2.05) is 0 Å². The Morgan fingerprint density at radius 1 is 1.29 bits per heavy atom. The second-order valence-corrected chi connectivity index (χ2v) is 5.38. The summed E-state index contributed by atoms with van der Waals surface area (Å²) < 4.78 is 0. The van der Waals surface area contributed by atoms with E-state index >= 15 is 0 Å². The van der Waals surface area contributed by atoms with Crippen molar-refractivity contribution < 1.29 is 0 Å². The van der Waals surface area contributed by atoms with Crippen molar-refractivity contribution in [1.29, 1.82) is 0 Å². The van der Waals surface area contributed by atoms with Gasteiger partial charge >= 0.3 is 0 Å². The fraction of sp³-hybridized carbons (Fsp3) is 0.750. The molecule has 0 radical (unpaired) electrons. The van der Waals surface area contributed by atoms with E-state index in [9.17, 15) is 0 Å². The third-order valence-electron chi connectivity index (χ3n) is 3.78. The standard InChI is InChI=1S/C16H29N/c1-4-5-6-7-11-16-12-9-14-17(3)13-8-10-15(16)2/h9-10,14,16H,4-8,11-13H2,1-3H3/b14-9-,15-10?. The Hall–Kier alpha value is -0.720. The number of hydrogen-bond donors (Lipinski definition) is 0. The summed E-state index contributed by atoms with van der Waals surface area (Å²) in [5.41, 5.74) is 1.61. The molecular weight excluding hydrogens is 206 g/mol. The zero-order valence-corrected chi connectivity index (χ0v) is 11.9. The van der Waals surface area contributed by atoms with Crippen LogP contribution in [0.1, 0.15) is 58.8 Å². The average molecular weight is 235 g/mol. The zero-order valence-electron chi connectivity index (χ0n) is 11.9. The zero-order chi connectivity index (χ0) is 12.5. The monoisotopic (exact) mass is 235 g/mol. The fourth-order valence-electron chi connectivity index (χ4n) is 2.49. The van der Waals surface area contributed by atoms with Crippen LogP contribution in [0.2, 0.25) is 0 Å². The third-order valence-corrected chi connectivity index (χ3v) is 3.78. The molecule has 0 bridgehead atoms. The van der Waals surface area contributed by atoms with Gasteiger partial charge < -0.3 is 4.90 Å². The van der Waals surface area contributed by atoms with Crippen LogP contribution in [0.5, 0.6) is 0 Å². The van der Waals surface area contributed by atoms with E-state index in [0.717, 1.165) is 12.5 Å². The van der Waals surface area contributed by atoms with E-state index in [0.29, 0.717) is 0 Å². The normalized spacial score (nSPS) is 23.6. The summed E-state index contributed by atoms with van der Waals surface area (Å²) in [7, 11) is 2.17. The molecule has 1 atom stereocenters. The number of hydrogen-bond acceptors (Lipinski definition) is 1. The molecule has 1 unspecified atom stereocenters. The summed E-state index contributed by atoms with van der Waals surface area (Å²) in [4.78, 5) is 2.29. The Morgan fingerprint density at radius 3 is 2.88 bits per heavy atom. The maximum absolute atomic E-state index is 2.45. The van der Waals surface area contributed by atoms with Crippen LogP contribution in [0.25, 0.3) is 0 Å². The Kier molecular flexibility index (Phi) is 7.07. The first-order valence-corrected chi connectivity index (χ1v) is 7.27. The molecule has 0 aromatic heterocycles. The molecule has 1 heteroatoms. The quantitative estimate of drug-likeness (QED) is 0.490. The minimum Gasteiger partial charge on any atom is -0.380 e. The molecule has 0 fully saturated rings. The van der Waals surface area contributed by atoms with E-state index in [1.54, 1.807) is 5.57 Å². The maximum Gasteiger partial charge on any atom is 0.0203 e. The largest absolute Gasteiger partial charge is 0.380 e. The summed E-state index contributed by atoms with van der Waals surface area (Å²) in [5.74, 6) is 0.787. The first-order valence-electron chi connectivity index (χ1n) is 7.27. The molecule has 17 heavy (non-hydrogen) atoms. The van der Waals surface area contributed by atoms with E-state index in [1.165, 1.54) is 44.9 Å². The molecule has 1 rings (SSSR count). The molecule has 0 spiro atoms. The van der Waals surface area contributed by atoms with Crippen LogP contribution < -0.4 is 0 Å². The highest BCUT2D eigenvalue weighted by Crippen LogP contribution is 2.24. The molecule has 0 saturated heterocycles. The summed E-state index contributed by atoms with van der Waals surface area (Å²) in [5, 5.41) is 0. The van der Waals surface area contributed by atoms with Gasteiger partial charge in [-0.2, -0.15) is 0 Å². The minimum absolute atomic E-state index is 0.787. The minimum atomic E-state index is 0.787. The van der Waals surface area contributed by atoms with Crippen LogP contribution in [0.3, 0.4) is 0 Å². The highest BCUT2D eigenvalue weighted by atomic mass is 15.1. The van der Waals surface area contributed by atoms with Gasteiger partial charge in [-0.15, -0.1) is 0 Å². The second-order valence-electron chi connectivity index (χ2n) is 5.38. The molecule has 0 aromatic carbocycles. The average Bonchev–Trinajstić information content (AvgIpc) is 2.38. The van der Waals surface area contributed by atoms with Crippen molar-refractivity contribution in [1.82, 2.24) is 4.90 Å². The highest BCUT2D eigenvalue weighted by Gasteiger charge is 2.10. The van der Waals surface area contributed by atoms with Crippen molar-refractivity contribution in [3.63, 3.8) is 0 Å². The molecule has 1 aliphatic heterocycles. The molecular formula is C16H29N. The van der Waals surface area contributed by atoms with Gasteiger partial charge in [0, 0.05) is 13.6 Å². The molecule has 1 nitrogen and oxygen atoms in total. The van der Waals surface area contributed by atoms with Gasteiger partial charge in [-0.1, -0.05) is 50.3 Å². The molecule has 98 valence electrons. The number of nitrogens with zero attached hydrogens (tertiary/aromatic N) is 1. The third kappa shape index (κ3) is 5.95. The van der Waals surface area contributed by atoms with Crippen molar-refractivity contribution in [3.8, 4) is 0 Å². The summed E-state index contributed by atoms with van der Waals surface area (Å²) >= 11 is 0. The van der Waals surface area contributed by atoms with Gasteiger partial charge in [0.05, 0.1) is 0 Å². The topological polar surface area (TPSA) is 3.24 Å². The summed E-state index contributed by atoms with van der Waals surface area (Å²) in [6.07, 6.45) is 16.4. The lowest BCUT2D eigenvalue weighted by Gasteiger charge is -2.15. The fourth-order valence-corrected chi connectivity index (χ4v) is 2.49. The Balaban J connectivity index is 2.43. The van der Waals surface area contributed by atoms with Crippen LogP contribution in [-0.4, -0.2) is 18.5 Å². The van der Waals surface area contributed by atoms with E-state index < -0.39 is 0 Å². The van der Waals surface area contributed by atoms with Gasteiger partial charge in [0.25, 0.3) is 0 Å². The van der Waals surface area contributed by atoms with E-state index in [2.05, 4.69) is 44.1 Å². The van der Waals surface area contributed by atoms with Gasteiger partial charge in [-0.3, -0.25) is 0 Å². The lowest BCUT2D eigenvalue weighted by atomic mass is 9.90. The lowest BCUT2D eigenvalue weighted by molar-refractivity contribution is 0.463. The van der Waals surface area contributed by atoms with Crippen LogP contribution in [0.15, 0.2) is 23.9 Å². The first-order chi connectivity index (χ1) is 8.24. The van der Waals surface area contributed by atoms with E-state index in [4.69, 9.17) is 0 Å². The van der Waals surface area contributed by atoms with Crippen molar-refractivity contribution in [2.24, 2.45) is 5.92 Å². The Morgan fingerprint density at radius 2 is 2.12 bits per heavy atom. The number of allylic oxidation sites excluding steroid dienone is 2. The second kappa shape index (κ2) is 8.38. The maximum atomic E-state index is 2.45. The molecule has 0 aliphatic carbocycles. The van der Waals surface area contributed by atoms with Crippen LogP contribution >= 0.6 is 0 Å². The van der Waals surface area contributed by atoms with Crippen molar-refractivity contribution in [2.45, 2.75) is 58.8 Å². The molecule has 0 amide bonds. The van der Waals surface area contributed by atoms with Gasteiger partial charge in [-0.05, 0) is 38.3 Å². The van der Waals surface area contributed by atoms with Gasteiger partial charge in [-0.25, -0.2) is 0 Å². The van der Waals surface area contributed by atoms with Crippen LogP contribution in [-0.2, 0) is 0 Å². The number of unbranched alkanes of at least 4 members (excludes halogenated alkanes) is 3. The molecule has 1 heterocycles. The highest BCUT2D eigenvalue weighted by molar-refractivity contribution is 5.07. The number of rotatable bonds is 5. The van der Waals surface area contributed by atoms with E-state index in [-0.39, 0.29) is 0 Å². The van der Waals surface area contributed by atoms with Crippen LogP contribution in [0.4, 0.5) is 0 Å². The molecule has 0 N–H and O–H groups in total. The summed E-state index contributed by atoms with van der Waals surface area (Å²) in [6.45, 7) is 5.75. The van der Waals surface area contributed by atoms with Crippen molar-refractivity contribution in [2.75, 3.05) is 13.6 Å². The van der Waals surface area contributed by atoms with Gasteiger partial charge in [0.2, 0.25) is 0 Å². The van der Waals surface area contributed by atoms with Gasteiger partial charge in [0.1, 0.15) is 0 Å². The van der Waals surface area contributed by atoms with Crippen molar-refractivity contribution in [3.05, 3.63) is 23.9 Å². The predicted octanol–water partition coefficient (Wildman–Crippen LogP) is 4.76. The van der Waals surface area contributed by atoms with Crippen LogP contribution in [0, 0.1) is 5.92 Å². The smallest absolute Gasteiger partial charge is 0.0203 e. The Bertz CT molecular complexity index is 252. The molecule has 0 aromatic rings. The van der Waals surface area contributed by atoms with Gasteiger partial charge in [0.15, 0.2) is 0 Å². The SMILES string of the molecule is CCCCCCC1C/C=C\N(C)CCC=C1C. The lowest BCUT2D eigenvalue weighted by Crippen LogP contribution is -2.10. The Labute approximate surface area is 108 Å². The molecule has 0 saturated carbocycles. The predicted molar refractivity (Wildman–Crippen MR) is 77.0 cm³/mol. The molecule has 1 aliphatic rings. The first kappa shape index (κ1) is 14.3.